The highest BCUT2D eigenvalue weighted by molar-refractivity contribution is 5.96. The van der Waals surface area contributed by atoms with Crippen LogP contribution in [0.4, 0.5) is 17.6 Å². The van der Waals surface area contributed by atoms with Crippen LogP contribution in [0.2, 0.25) is 0 Å². The number of Topliss-reactive ketones (excluding diaryl/α,β-unsaturated/α-hetero) is 1. The number of nitrogens with zero attached hydrogens (tertiary/aromatic N) is 3. The number of aromatic nitrogens is 2. The lowest BCUT2D eigenvalue weighted by Crippen LogP contribution is -2.31. The second-order valence-corrected chi connectivity index (χ2v) is 7.63. The molecule has 1 aliphatic heterocycles. The number of amides is 1. The molecule has 1 saturated heterocycles. The molecule has 0 aliphatic carbocycles. The molecule has 0 bridgehead atoms. The molecule has 0 spiro atoms. The summed E-state index contributed by atoms with van der Waals surface area (Å²) in [4.78, 5) is 26.7. The summed E-state index contributed by atoms with van der Waals surface area (Å²) in [6.07, 6.45) is -2.72. The van der Waals surface area contributed by atoms with E-state index in [9.17, 15) is 27.2 Å². The van der Waals surface area contributed by atoms with Crippen LogP contribution in [-0.4, -0.2) is 39.5 Å². The molecule has 5 nitrogen and oxygen atoms in total. The number of hydrogen-bond donors (Lipinski definition) is 0. The van der Waals surface area contributed by atoms with E-state index in [1.807, 2.05) is 0 Å². The van der Waals surface area contributed by atoms with Crippen molar-refractivity contribution in [3.05, 3.63) is 83.4 Å². The van der Waals surface area contributed by atoms with Gasteiger partial charge in [-0.2, -0.15) is 18.3 Å². The highest BCUT2D eigenvalue weighted by Gasteiger charge is 2.38. The van der Waals surface area contributed by atoms with Gasteiger partial charge < -0.3 is 4.90 Å². The molecular weight excluding hydrogens is 426 g/mol. The largest absolute Gasteiger partial charge is 0.417 e. The van der Waals surface area contributed by atoms with Crippen LogP contribution in [0.25, 0.3) is 5.69 Å². The number of rotatable bonds is 5. The average molecular weight is 445 g/mol. The molecule has 0 unspecified atom stereocenters. The van der Waals surface area contributed by atoms with Crippen LogP contribution in [0.3, 0.4) is 0 Å². The maximum absolute atomic E-state index is 13.9. The maximum atomic E-state index is 13.9. The normalized spacial score (nSPS) is 16.4. The fourth-order valence-corrected chi connectivity index (χ4v) is 3.85. The first kappa shape index (κ1) is 21.7. The lowest BCUT2D eigenvalue weighted by Gasteiger charge is -2.19. The number of halogens is 4. The Morgan fingerprint density at radius 3 is 2.50 bits per heavy atom. The summed E-state index contributed by atoms with van der Waals surface area (Å²) in [7, 11) is 0. The molecule has 0 N–H and O–H groups in total. The van der Waals surface area contributed by atoms with Gasteiger partial charge in [-0.25, -0.2) is 9.07 Å². The van der Waals surface area contributed by atoms with Crippen molar-refractivity contribution < 1.29 is 27.2 Å². The SMILES string of the molecule is O=C(Cc1ccn(-c2ccccc2F)n1)[C@H]1CCN(C(=O)c2ccccc2C(F)(F)F)C1. The predicted octanol–water partition coefficient (Wildman–Crippen LogP) is 4.30. The van der Waals surface area contributed by atoms with Crippen molar-refractivity contribution in [3.8, 4) is 5.69 Å². The van der Waals surface area contributed by atoms with Crippen molar-refractivity contribution in [1.82, 2.24) is 14.7 Å². The fourth-order valence-electron chi connectivity index (χ4n) is 3.85. The zero-order valence-corrected chi connectivity index (χ0v) is 16.8. The first-order valence-corrected chi connectivity index (χ1v) is 10.0. The van der Waals surface area contributed by atoms with Crippen molar-refractivity contribution in [2.75, 3.05) is 13.1 Å². The van der Waals surface area contributed by atoms with Gasteiger partial charge >= 0.3 is 6.18 Å². The molecule has 32 heavy (non-hydrogen) atoms. The Labute approximate surface area is 181 Å². The Hall–Kier alpha value is -3.49. The van der Waals surface area contributed by atoms with Gasteiger partial charge in [-0.1, -0.05) is 24.3 Å². The third-order valence-electron chi connectivity index (χ3n) is 5.49. The number of likely N-dealkylation sites (tertiary alicyclic amines) is 1. The fraction of sp³-hybridized carbons (Fsp3) is 0.261. The Morgan fingerprint density at radius 2 is 1.75 bits per heavy atom. The number of benzene rings is 2. The summed E-state index contributed by atoms with van der Waals surface area (Å²) >= 11 is 0. The van der Waals surface area contributed by atoms with Crippen molar-refractivity contribution in [2.45, 2.75) is 19.0 Å². The molecule has 2 aromatic carbocycles. The molecule has 0 saturated carbocycles. The Balaban J connectivity index is 1.42. The van der Waals surface area contributed by atoms with Gasteiger partial charge in [0.1, 0.15) is 17.3 Å². The molecule has 9 heteroatoms. The van der Waals surface area contributed by atoms with Crippen molar-refractivity contribution in [3.63, 3.8) is 0 Å². The number of alkyl halides is 3. The van der Waals surface area contributed by atoms with Crippen LogP contribution in [0.1, 0.15) is 28.0 Å². The molecule has 1 aromatic heterocycles. The second-order valence-electron chi connectivity index (χ2n) is 7.63. The van der Waals surface area contributed by atoms with Crippen molar-refractivity contribution in [2.24, 2.45) is 5.92 Å². The van der Waals surface area contributed by atoms with Crippen LogP contribution in [-0.2, 0) is 17.4 Å². The minimum Gasteiger partial charge on any atom is -0.338 e. The van der Waals surface area contributed by atoms with Gasteiger partial charge in [-0.05, 0) is 36.8 Å². The highest BCUT2D eigenvalue weighted by Crippen LogP contribution is 2.33. The molecule has 3 aromatic rings. The van der Waals surface area contributed by atoms with E-state index in [0.717, 1.165) is 12.1 Å². The van der Waals surface area contributed by atoms with E-state index in [1.54, 1.807) is 30.5 Å². The Bertz CT molecular complexity index is 1160. The quantitative estimate of drug-likeness (QED) is 0.551. The van der Waals surface area contributed by atoms with E-state index in [-0.39, 0.29) is 31.0 Å². The van der Waals surface area contributed by atoms with Gasteiger partial charge in [-0.15, -0.1) is 0 Å². The summed E-state index contributed by atoms with van der Waals surface area (Å²) < 4.78 is 55.0. The van der Waals surface area contributed by atoms with Gasteiger partial charge in [0.25, 0.3) is 5.91 Å². The van der Waals surface area contributed by atoms with Crippen molar-refractivity contribution in [1.29, 1.82) is 0 Å². The summed E-state index contributed by atoms with van der Waals surface area (Å²) in [5.74, 6) is -1.84. The maximum Gasteiger partial charge on any atom is 0.417 e. The van der Waals surface area contributed by atoms with Crippen LogP contribution < -0.4 is 0 Å². The summed E-state index contributed by atoms with van der Waals surface area (Å²) in [5, 5.41) is 4.24. The van der Waals surface area contributed by atoms with Crippen molar-refractivity contribution >= 4 is 11.7 Å². The Kier molecular flexibility index (Phi) is 5.82. The summed E-state index contributed by atoms with van der Waals surface area (Å²) in [5.41, 5.74) is -0.701. The number of carbonyl (C=O) groups is 2. The summed E-state index contributed by atoms with van der Waals surface area (Å²) in [6, 6.07) is 12.4. The zero-order chi connectivity index (χ0) is 22.9. The first-order valence-electron chi connectivity index (χ1n) is 10.0. The van der Waals surface area contributed by atoms with Crippen LogP contribution in [0, 0.1) is 11.7 Å². The summed E-state index contributed by atoms with van der Waals surface area (Å²) in [6.45, 7) is 0.253. The molecule has 166 valence electrons. The van der Waals surface area contributed by atoms with E-state index < -0.39 is 34.9 Å². The van der Waals surface area contributed by atoms with Crippen LogP contribution >= 0.6 is 0 Å². The average Bonchev–Trinajstić information content (AvgIpc) is 3.43. The number of para-hydroxylation sites is 1. The lowest BCUT2D eigenvalue weighted by molar-refractivity contribution is -0.138. The molecule has 2 heterocycles. The molecule has 1 fully saturated rings. The molecule has 1 amide bonds. The van der Waals surface area contributed by atoms with Gasteiger partial charge in [0, 0.05) is 25.2 Å². The second kappa shape index (κ2) is 8.57. The van der Waals surface area contributed by atoms with Gasteiger partial charge in [-0.3, -0.25) is 9.59 Å². The highest BCUT2D eigenvalue weighted by atomic mass is 19.4. The number of carbonyl (C=O) groups excluding carboxylic acids is 2. The number of ketones is 1. The van der Waals surface area contributed by atoms with E-state index in [4.69, 9.17) is 0 Å². The zero-order valence-electron chi connectivity index (χ0n) is 16.8. The molecular formula is C23H19F4N3O2. The van der Waals surface area contributed by atoms with E-state index >= 15 is 0 Å². The van der Waals surface area contributed by atoms with E-state index in [2.05, 4.69) is 5.10 Å². The molecule has 1 aliphatic rings. The minimum atomic E-state index is -4.64. The molecule has 0 radical (unpaired) electrons. The van der Waals surface area contributed by atoms with Crippen LogP contribution in [0.5, 0.6) is 0 Å². The minimum absolute atomic E-state index is 0.00666. The molecule has 4 rings (SSSR count). The van der Waals surface area contributed by atoms with E-state index in [1.165, 1.54) is 27.8 Å². The molecule has 1 atom stereocenters. The van der Waals surface area contributed by atoms with Gasteiger partial charge in [0.05, 0.1) is 23.2 Å². The first-order chi connectivity index (χ1) is 15.2. The Morgan fingerprint density at radius 1 is 1.03 bits per heavy atom. The predicted molar refractivity (Wildman–Crippen MR) is 108 cm³/mol. The van der Waals surface area contributed by atoms with Gasteiger partial charge in [0.15, 0.2) is 0 Å². The third-order valence-corrected chi connectivity index (χ3v) is 5.49. The smallest absolute Gasteiger partial charge is 0.338 e. The van der Waals surface area contributed by atoms with Crippen LogP contribution in [0.15, 0.2) is 60.8 Å². The van der Waals surface area contributed by atoms with Gasteiger partial charge in [0.2, 0.25) is 0 Å². The standard InChI is InChI=1S/C23H19F4N3O2/c24-19-7-3-4-8-20(19)30-12-10-16(28-30)13-21(31)15-9-11-29(14-15)22(32)17-5-1-2-6-18(17)23(25,26)27/h1-8,10,12,15H,9,11,13-14H2/t15-/m0/s1. The van der Waals surface area contributed by atoms with E-state index in [0.29, 0.717) is 12.1 Å². The number of hydrogen-bond acceptors (Lipinski definition) is 3. The third kappa shape index (κ3) is 4.42. The monoisotopic (exact) mass is 445 g/mol. The lowest BCUT2D eigenvalue weighted by atomic mass is 9.99. The topological polar surface area (TPSA) is 55.2 Å².